The minimum absolute atomic E-state index is 0.0453. The van der Waals surface area contributed by atoms with E-state index in [1.165, 1.54) is 13.0 Å². The van der Waals surface area contributed by atoms with E-state index in [0.717, 1.165) is 4.57 Å². The van der Waals surface area contributed by atoms with Crippen molar-refractivity contribution in [1.29, 1.82) is 0 Å². The highest BCUT2D eigenvalue weighted by Crippen LogP contribution is 2.20. The highest BCUT2D eigenvalue weighted by Gasteiger charge is 2.17. The van der Waals surface area contributed by atoms with Crippen LogP contribution in [0, 0.1) is 6.92 Å². The lowest BCUT2D eigenvalue weighted by atomic mass is 10.2. The van der Waals surface area contributed by atoms with Crippen LogP contribution >= 0.6 is 0 Å². The Hall–Kier alpha value is -1.34. The smallest absolute Gasteiger partial charge is 0.269 e. The highest BCUT2D eigenvalue weighted by molar-refractivity contribution is 7.85. The number of aromatic nitrogens is 1. The molecule has 6 nitrogen and oxygen atoms in total. The summed E-state index contributed by atoms with van der Waals surface area (Å²) in [6.07, 6.45) is 0. The van der Waals surface area contributed by atoms with Crippen LogP contribution in [-0.2, 0) is 22.4 Å². The third-order valence-electron chi connectivity index (χ3n) is 2.25. The molecule has 0 saturated heterocycles. The van der Waals surface area contributed by atoms with Gasteiger partial charge in [0.25, 0.3) is 15.7 Å². The van der Waals surface area contributed by atoms with Gasteiger partial charge in [-0.15, -0.1) is 0 Å². The minimum Gasteiger partial charge on any atom is -0.494 e. The van der Waals surface area contributed by atoms with Gasteiger partial charge in [0, 0.05) is 18.2 Å². The van der Waals surface area contributed by atoms with Crippen LogP contribution in [0.3, 0.4) is 0 Å². The van der Waals surface area contributed by atoms with Gasteiger partial charge in [-0.25, -0.2) is 0 Å². The molecule has 0 unspecified atom stereocenters. The average Bonchev–Trinajstić information content (AvgIpc) is 2.11. The van der Waals surface area contributed by atoms with Crippen molar-refractivity contribution in [3.8, 4) is 5.88 Å². The van der Waals surface area contributed by atoms with Crippen molar-refractivity contribution in [2.45, 2.75) is 26.1 Å². The lowest BCUT2D eigenvalue weighted by Crippen LogP contribution is -2.21. The molecule has 2 N–H and O–H groups in total. The summed E-state index contributed by atoms with van der Waals surface area (Å²) in [5, 5.41) is 9.70. The molecule has 1 heterocycles. The largest absolute Gasteiger partial charge is 0.494 e. The van der Waals surface area contributed by atoms with E-state index in [2.05, 4.69) is 0 Å². The summed E-state index contributed by atoms with van der Waals surface area (Å²) in [5.74, 6) is -1.12. The maximum absolute atomic E-state index is 11.4. The molecule has 0 amide bonds. The summed E-state index contributed by atoms with van der Waals surface area (Å²) in [6, 6.07) is 1.23. The Labute approximate surface area is 92.9 Å². The first-order valence-corrected chi connectivity index (χ1v) is 6.24. The van der Waals surface area contributed by atoms with Crippen molar-refractivity contribution in [3.05, 3.63) is 27.5 Å². The summed E-state index contributed by atoms with van der Waals surface area (Å²) in [6.45, 7) is 3.37. The Morgan fingerprint density at radius 1 is 1.44 bits per heavy atom. The molecule has 0 aliphatic carbocycles. The van der Waals surface area contributed by atoms with Crippen molar-refractivity contribution in [1.82, 2.24) is 4.57 Å². The van der Waals surface area contributed by atoms with Crippen molar-refractivity contribution < 1.29 is 18.1 Å². The van der Waals surface area contributed by atoms with E-state index in [0.29, 0.717) is 5.56 Å². The third-order valence-corrected chi connectivity index (χ3v) is 2.90. The molecule has 0 atom stereocenters. The Bertz CT molecular complexity index is 558. The molecule has 16 heavy (non-hydrogen) atoms. The molecule has 0 saturated carbocycles. The molecule has 0 aliphatic rings. The van der Waals surface area contributed by atoms with E-state index in [-0.39, 0.29) is 12.1 Å². The van der Waals surface area contributed by atoms with Gasteiger partial charge in [-0.05, 0) is 19.4 Å². The summed E-state index contributed by atoms with van der Waals surface area (Å²) >= 11 is 0. The van der Waals surface area contributed by atoms with Gasteiger partial charge in [-0.3, -0.25) is 13.9 Å². The fourth-order valence-electron chi connectivity index (χ4n) is 1.46. The number of rotatable bonds is 3. The molecule has 1 aromatic heterocycles. The Balaban J connectivity index is 3.46. The van der Waals surface area contributed by atoms with E-state index in [1.807, 2.05) is 0 Å². The summed E-state index contributed by atoms with van der Waals surface area (Å²) in [5.41, 5.74) is -0.0228. The summed E-state index contributed by atoms with van der Waals surface area (Å²) in [4.78, 5) is 11.4. The molecular formula is C9H13NO5S. The molecule has 0 fully saturated rings. The van der Waals surface area contributed by atoms with E-state index in [9.17, 15) is 18.3 Å². The van der Waals surface area contributed by atoms with Crippen LogP contribution in [0.15, 0.2) is 10.9 Å². The van der Waals surface area contributed by atoms with Crippen LogP contribution in [0.2, 0.25) is 0 Å². The van der Waals surface area contributed by atoms with Crippen LogP contribution < -0.4 is 5.56 Å². The monoisotopic (exact) mass is 247 g/mol. The van der Waals surface area contributed by atoms with Crippen LogP contribution in [0.1, 0.15) is 18.1 Å². The highest BCUT2D eigenvalue weighted by atomic mass is 32.2. The second-order valence-electron chi connectivity index (χ2n) is 3.44. The van der Waals surface area contributed by atoms with E-state index < -0.39 is 27.3 Å². The van der Waals surface area contributed by atoms with Gasteiger partial charge in [-0.2, -0.15) is 8.42 Å². The normalized spacial score (nSPS) is 11.7. The first-order valence-electron chi connectivity index (χ1n) is 4.63. The van der Waals surface area contributed by atoms with E-state index in [4.69, 9.17) is 4.55 Å². The second-order valence-corrected chi connectivity index (χ2v) is 4.89. The predicted octanol–water partition coefficient (Wildman–Crippen LogP) is 0.270. The molecule has 0 aliphatic heterocycles. The van der Waals surface area contributed by atoms with Gasteiger partial charge in [0.2, 0.25) is 0 Å². The van der Waals surface area contributed by atoms with Crippen molar-refractivity contribution >= 4 is 10.1 Å². The second kappa shape index (κ2) is 4.26. The van der Waals surface area contributed by atoms with Crippen molar-refractivity contribution in [2.24, 2.45) is 0 Å². The van der Waals surface area contributed by atoms with Gasteiger partial charge in [0.05, 0.1) is 0 Å². The number of aryl methyl sites for hydroxylation is 1. The molecule has 0 spiro atoms. The molecule has 1 aromatic rings. The van der Waals surface area contributed by atoms with Gasteiger partial charge >= 0.3 is 0 Å². The fraction of sp³-hybridized carbons (Fsp3) is 0.444. The number of pyridine rings is 1. The topological polar surface area (TPSA) is 96.6 Å². The van der Waals surface area contributed by atoms with Crippen LogP contribution in [0.4, 0.5) is 0 Å². The lowest BCUT2D eigenvalue weighted by Gasteiger charge is -2.11. The molecule has 90 valence electrons. The van der Waals surface area contributed by atoms with Gasteiger partial charge in [0.15, 0.2) is 5.88 Å². The molecule has 7 heteroatoms. The van der Waals surface area contributed by atoms with Crippen LogP contribution in [0.5, 0.6) is 5.88 Å². The average molecular weight is 247 g/mol. The zero-order chi connectivity index (χ0) is 12.5. The van der Waals surface area contributed by atoms with E-state index >= 15 is 0 Å². The van der Waals surface area contributed by atoms with Gasteiger partial charge in [-0.1, -0.05) is 0 Å². The molecule has 0 radical (unpaired) electrons. The van der Waals surface area contributed by atoms with Crippen LogP contribution in [-0.4, -0.2) is 22.6 Å². The molecular weight excluding hydrogens is 234 g/mol. The van der Waals surface area contributed by atoms with Crippen molar-refractivity contribution in [2.75, 3.05) is 0 Å². The third kappa shape index (κ3) is 2.61. The van der Waals surface area contributed by atoms with Gasteiger partial charge < -0.3 is 5.11 Å². The summed E-state index contributed by atoms with van der Waals surface area (Å²) in [7, 11) is -4.24. The first kappa shape index (κ1) is 12.7. The standard InChI is InChI=1S/C9H13NO5S/c1-3-10-8(11)4-6(2)7(9(10)12)5-16(13,14)15/h4,12H,3,5H2,1-2H3,(H,13,14,15). The Morgan fingerprint density at radius 2 is 2.00 bits per heavy atom. The number of hydrogen-bond donors (Lipinski definition) is 2. The van der Waals surface area contributed by atoms with Crippen LogP contribution in [0.25, 0.3) is 0 Å². The fourth-order valence-corrected chi connectivity index (χ4v) is 2.18. The van der Waals surface area contributed by atoms with Crippen molar-refractivity contribution in [3.63, 3.8) is 0 Å². The SMILES string of the molecule is CCn1c(O)c(CS(=O)(=O)O)c(C)cc1=O. The zero-order valence-corrected chi connectivity index (χ0v) is 9.78. The molecule has 1 rings (SSSR count). The van der Waals surface area contributed by atoms with Gasteiger partial charge in [0.1, 0.15) is 5.75 Å². The first-order chi connectivity index (χ1) is 7.26. The maximum Gasteiger partial charge on any atom is 0.269 e. The maximum atomic E-state index is 11.4. The zero-order valence-electron chi connectivity index (χ0n) is 8.97. The quantitative estimate of drug-likeness (QED) is 0.747. The van der Waals surface area contributed by atoms with E-state index in [1.54, 1.807) is 6.92 Å². The minimum atomic E-state index is -4.24. The number of aromatic hydroxyl groups is 1. The summed E-state index contributed by atoms with van der Waals surface area (Å²) < 4.78 is 31.3. The molecule has 0 aromatic carbocycles. The Kier molecular flexibility index (Phi) is 3.39. The number of hydrogen-bond acceptors (Lipinski definition) is 4. The molecule has 0 bridgehead atoms. The predicted molar refractivity (Wildman–Crippen MR) is 58.0 cm³/mol. The number of nitrogens with zero attached hydrogens (tertiary/aromatic N) is 1. The lowest BCUT2D eigenvalue weighted by molar-refractivity contribution is 0.403. The Morgan fingerprint density at radius 3 is 2.44 bits per heavy atom.